The predicted octanol–water partition coefficient (Wildman–Crippen LogP) is 2.24. The lowest BCUT2D eigenvalue weighted by atomic mass is 9.99. The van der Waals surface area contributed by atoms with Gasteiger partial charge in [-0.1, -0.05) is 30.3 Å². The van der Waals surface area contributed by atoms with Crippen LogP contribution >= 0.6 is 0 Å². The molecule has 1 aromatic rings. The van der Waals surface area contributed by atoms with Gasteiger partial charge >= 0.3 is 0 Å². The molecule has 0 aliphatic carbocycles. The van der Waals surface area contributed by atoms with Crippen molar-refractivity contribution in [1.82, 2.24) is 4.90 Å². The normalized spacial score (nSPS) is 11.6. The number of hydrogen-bond acceptors (Lipinski definition) is 2. The van der Waals surface area contributed by atoms with Crippen molar-refractivity contribution in [3.05, 3.63) is 35.9 Å². The van der Waals surface area contributed by atoms with E-state index in [2.05, 4.69) is 6.07 Å². The molecule has 1 rings (SSSR count). The lowest BCUT2D eigenvalue weighted by Crippen LogP contribution is -2.36. The van der Waals surface area contributed by atoms with E-state index < -0.39 is 5.92 Å². The third-order valence-corrected chi connectivity index (χ3v) is 2.81. The molecule has 0 radical (unpaired) electrons. The highest BCUT2D eigenvalue weighted by molar-refractivity contribution is 5.81. The zero-order chi connectivity index (χ0) is 12.7. The zero-order valence-corrected chi connectivity index (χ0v) is 10.4. The molecule has 0 aliphatic heterocycles. The molecule has 0 fully saturated rings. The maximum atomic E-state index is 12.0. The average Bonchev–Trinajstić information content (AvgIpc) is 2.38. The molecule has 17 heavy (non-hydrogen) atoms. The Labute approximate surface area is 103 Å². The van der Waals surface area contributed by atoms with Gasteiger partial charge in [-0.3, -0.25) is 4.79 Å². The number of hydrogen-bond donors (Lipinski definition) is 0. The smallest absolute Gasteiger partial charge is 0.240 e. The lowest BCUT2D eigenvalue weighted by molar-refractivity contribution is -0.133. The highest BCUT2D eigenvalue weighted by Crippen LogP contribution is 2.11. The largest absolute Gasteiger partial charge is 0.342 e. The second kappa shape index (κ2) is 6.70. The molecule has 3 heteroatoms. The lowest BCUT2D eigenvalue weighted by Gasteiger charge is -2.21. The molecule has 1 unspecified atom stereocenters. The van der Waals surface area contributed by atoms with Gasteiger partial charge in [0.05, 0.1) is 6.07 Å². The number of nitrogens with zero attached hydrogens (tertiary/aromatic N) is 2. The van der Waals surface area contributed by atoms with Crippen molar-refractivity contribution < 1.29 is 4.79 Å². The SMILES string of the molecule is CCN(CC)C(=O)C(C#N)Cc1ccccc1. The molecule has 0 aromatic heterocycles. The van der Waals surface area contributed by atoms with Gasteiger partial charge in [0.1, 0.15) is 5.92 Å². The fourth-order valence-corrected chi connectivity index (χ4v) is 1.79. The minimum atomic E-state index is -0.572. The first-order chi connectivity index (χ1) is 8.22. The van der Waals surface area contributed by atoms with Crippen LogP contribution < -0.4 is 0 Å². The minimum absolute atomic E-state index is 0.0682. The van der Waals surface area contributed by atoms with Crippen molar-refractivity contribution in [2.45, 2.75) is 20.3 Å². The van der Waals surface area contributed by atoms with Crippen molar-refractivity contribution >= 4 is 5.91 Å². The fourth-order valence-electron chi connectivity index (χ4n) is 1.79. The number of nitriles is 1. The summed E-state index contributed by atoms with van der Waals surface area (Å²) in [7, 11) is 0. The van der Waals surface area contributed by atoms with Gasteiger partial charge in [-0.15, -0.1) is 0 Å². The standard InChI is InChI=1S/C14H18N2O/c1-3-16(4-2)14(17)13(11-15)10-12-8-6-5-7-9-12/h5-9,13H,3-4,10H2,1-2H3. The molecule has 90 valence electrons. The van der Waals surface area contributed by atoms with E-state index >= 15 is 0 Å². The Balaban J connectivity index is 2.73. The van der Waals surface area contributed by atoms with Crippen LogP contribution in [-0.4, -0.2) is 23.9 Å². The van der Waals surface area contributed by atoms with Gasteiger partial charge in [-0.05, 0) is 25.8 Å². The van der Waals surface area contributed by atoms with E-state index in [0.29, 0.717) is 19.5 Å². The number of carbonyl (C=O) groups excluding carboxylic acids is 1. The molecule has 0 heterocycles. The van der Waals surface area contributed by atoms with Crippen molar-refractivity contribution in [2.24, 2.45) is 5.92 Å². The molecule has 0 saturated carbocycles. The molecular formula is C14H18N2O. The first kappa shape index (κ1) is 13.2. The first-order valence-corrected chi connectivity index (χ1v) is 5.95. The van der Waals surface area contributed by atoms with Crippen LogP contribution in [0.5, 0.6) is 0 Å². The molecule has 0 N–H and O–H groups in total. The summed E-state index contributed by atoms with van der Waals surface area (Å²) < 4.78 is 0. The Morgan fingerprint density at radius 3 is 2.35 bits per heavy atom. The zero-order valence-electron chi connectivity index (χ0n) is 10.4. The first-order valence-electron chi connectivity index (χ1n) is 5.95. The van der Waals surface area contributed by atoms with Crippen LogP contribution in [0.15, 0.2) is 30.3 Å². The molecule has 1 aromatic carbocycles. The summed E-state index contributed by atoms with van der Waals surface area (Å²) in [6, 6.07) is 11.8. The third kappa shape index (κ3) is 3.60. The molecule has 1 amide bonds. The number of carbonyl (C=O) groups is 1. The molecule has 0 spiro atoms. The van der Waals surface area contributed by atoms with Crippen LogP contribution in [0.4, 0.5) is 0 Å². The summed E-state index contributed by atoms with van der Waals surface area (Å²) in [5.41, 5.74) is 1.03. The van der Waals surface area contributed by atoms with E-state index in [9.17, 15) is 4.79 Å². The van der Waals surface area contributed by atoms with Crippen molar-refractivity contribution in [1.29, 1.82) is 5.26 Å². The predicted molar refractivity (Wildman–Crippen MR) is 67.2 cm³/mol. The van der Waals surface area contributed by atoms with Gasteiger partial charge in [0.25, 0.3) is 0 Å². The molecule has 3 nitrogen and oxygen atoms in total. The Hall–Kier alpha value is -1.82. The van der Waals surface area contributed by atoms with Crippen molar-refractivity contribution in [3.8, 4) is 6.07 Å². The van der Waals surface area contributed by atoms with Gasteiger partial charge in [-0.2, -0.15) is 5.26 Å². The maximum Gasteiger partial charge on any atom is 0.240 e. The monoisotopic (exact) mass is 230 g/mol. The van der Waals surface area contributed by atoms with Gasteiger partial charge in [0.2, 0.25) is 5.91 Å². The molecule has 0 saturated heterocycles. The van der Waals surface area contributed by atoms with Gasteiger partial charge in [-0.25, -0.2) is 0 Å². The van der Waals surface area contributed by atoms with Gasteiger partial charge in [0, 0.05) is 13.1 Å². The Morgan fingerprint density at radius 2 is 1.88 bits per heavy atom. The number of amides is 1. The van der Waals surface area contributed by atoms with Gasteiger partial charge < -0.3 is 4.90 Å². The Kier molecular flexibility index (Phi) is 5.22. The van der Waals surface area contributed by atoms with E-state index in [1.807, 2.05) is 44.2 Å². The molecule has 0 aliphatic rings. The highest BCUT2D eigenvalue weighted by atomic mass is 16.2. The van der Waals surface area contributed by atoms with Crippen LogP contribution in [0.2, 0.25) is 0 Å². The van der Waals surface area contributed by atoms with Crippen molar-refractivity contribution in [2.75, 3.05) is 13.1 Å². The van der Waals surface area contributed by atoms with E-state index in [0.717, 1.165) is 5.56 Å². The summed E-state index contributed by atoms with van der Waals surface area (Å²) in [5.74, 6) is -0.640. The third-order valence-electron chi connectivity index (χ3n) is 2.81. The quantitative estimate of drug-likeness (QED) is 0.778. The Bertz CT molecular complexity index is 390. The molecule has 1 atom stereocenters. The fraction of sp³-hybridized carbons (Fsp3) is 0.429. The van der Waals surface area contributed by atoms with Crippen molar-refractivity contribution in [3.63, 3.8) is 0 Å². The van der Waals surface area contributed by atoms with E-state index in [4.69, 9.17) is 5.26 Å². The Morgan fingerprint density at radius 1 is 1.29 bits per heavy atom. The maximum absolute atomic E-state index is 12.0. The molecular weight excluding hydrogens is 212 g/mol. The minimum Gasteiger partial charge on any atom is -0.342 e. The summed E-state index contributed by atoms with van der Waals surface area (Å²) in [5, 5.41) is 9.10. The van der Waals surface area contributed by atoms with Crippen LogP contribution in [0.25, 0.3) is 0 Å². The van der Waals surface area contributed by atoms with Crippen LogP contribution in [0, 0.1) is 17.2 Å². The van der Waals surface area contributed by atoms with Crippen LogP contribution in [-0.2, 0) is 11.2 Å². The molecule has 0 bridgehead atoms. The summed E-state index contributed by atoms with van der Waals surface area (Å²) in [6.07, 6.45) is 0.493. The van der Waals surface area contributed by atoms with Crippen LogP contribution in [0.1, 0.15) is 19.4 Å². The topological polar surface area (TPSA) is 44.1 Å². The second-order valence-corrected chi connectivity index (χ2v) is 3.88. The highest BCUT2D eigenvalue weighted by Gasteiger charge is 2.22. The second-order valence-electron chi connectivity index (χ2n) is 3.88. The van der Waals surface area contributed by atoms with E-state index in [1.54, 1.807) is 4.90 Å². The average molecular weight is 230 g/mol. The van der Waals surface area contributed by atoms with Gasteiger partial charge in [0.15, 0.2) is 0 Å². The van der Waals surface area contributed by atoms with E-state index in [-0.39, 0.29) is 5.91 Å². The summed E-state index contributed by atoms with van der Waals surface area (Å²) in [4.78, 5) is 13.7. The van der Waals surface area contributed by atoms with E-state index in [1.165, 1.54) is 0 Å². The van der Waals surface area contributed by atoms with Crippen LogP contribution in [0.3, 0.4) is 0 Å². The summed E-state index contributed by atoms with van der Waals surface area (Å²) >= 11 is 0. The number of benzene rings is 1. The summed E-state index contributed by atoms with van der Waals surface area (Å²) in [6.45, 7) is 5.17. The number of rotatable bonds is 5.